The Bertz CT molecular complexity index is 774. The highest BCUT2D eigenvalue weighted by molar-refractivity contribution is 7.16. The number of hydrogen-bond donors (Lipinski definition) is 2. The molecule has 0 aliphatic carbocycles. The number of benzene rings is 1. The van der Waals surface area contributed by atoms with Gasteiger partial charge in [-0.2, -0.15) is 4.98 Å². The molecule has 3 rings (SSSR count). The molecular formula is C13H10ClFN4S. The van der Waals surface area contributed by atoms with E-state index in [-0.39, 0.29) is 5.82 Å². The molecule has 102 valence electrons. The molecule has 2 aromatic heterocycles. The van der Waals surface area contributed by atoms with E-state index >= 15 is 0 Å². The van der Waals surface area contributed by atoms with Crippen molar-refractivity contribution in [1.29, 1.82) is 0 Å². The first-order valence-corrected chi connectivity index (χ1v) is 7.08. The maximum absolute atomic E-state index is 13.1. The van der Waals surface area contributed by atoms with Gasteiger partial charge in [-0.05, 0) is 29.6 Å². The number of hydrogen-bond acceptors (Lipinski definition) is 5. The second-order valence-electron chi connectivity index (χ2n) is 4.03. The van der Waals surface area contributed by atoms with Crippen LogP contribution in [0.25, 0.3) is 10.2 Å². The second kappa shape index (κ2) is 5.22. The number of rotatable bonds is 3. The topological polar surface area (TPSA) is 49.8 Å². The number of anilines is 3. The van der Waals surface area contributed by atoms with Gasteiger partial charge in [0.2, 0.25) is 5.95 Å². The molecule has 0 unspecified atom stereocenters. The summed E-state index contributed by atoms with van der Waals surface area (Å²) in [6.45, 7) is 0. The van der Waals surface area contributed by atoms with Gasteiger partial charge in [0.1, 0.15) is 16.5 Å². The summed E-state index contributed by atoms with van der Waals surface area (Å²) in [6.07, 6.45) is 0. The van der Waals surface area contributed by atoms with Gasteiger partial charge in [-0.3, -0.25) is 0 Å². The van der Waals surface area contributed by atoms with Crippen molar-refractivity contribution in [1.82, 2.24) is 9.97 Å². The van der Waals surface area contributed by atoms with Crippen molar-refractivity contribution in [2.75, 3.05) is 17.7 Å². The Morgan fingerprint density at radius 2 is 2.10 bits per heavy atom. The summed E-state index contributed by atoms with van der Waals surface area (Å²) in [5.41, 5.74) is 0.598. The van der Waals surface area contributed by atoms with E-state index in [1.165, 1.54) is 23.5 Å². The predicted octanol–water partition coefficient (Wildman–Crippen LogP) is 4.27. The van der Waals surface area contributed by atoms with Crippen molar-refractivity contribution in [3.8, 4) is 0 Å². The van der Waals surface area contributed by atoms with Gasteiger partial charge in [-0.15, -0.1) is 11.3 Å². The molecule has 3 aromatic rings. The number of thiophene rings is 1. The van der Waals surface area contributed by atoms with Crippen LogP contribution in [0.5, 0.6) is 0 Å². The normalized spacial score (nSPS) is 10.8. The van der Waals surface area contributed by atoms with E-state index in [1.54, 1.807) is 13.1 Å². The lowest BCUT2D eigenvalue weighted by atomic mass is 10.3. The van der Waals surface area contributed by atoms with Crippen molar-refractivity contribution in [3.05, 3.63) is 40.5 Å². The van der Waals surface area contributed by atoms with Crippen LogP contribution in [0.3, 0.4) is 0 Å². The summed E-state index contributed by atoms with van der Waals surface area (Å²) >= 11 is 7.54. The van der Waals surface area contributed by atoms with Gasteiger partial charge in [-0.1, -0.05) is 11.6 Å². The second-order valence-corrected chi connectivity index (χ2v) is 5.34. The van der Waals surface area contributed by atoms with E-state index in [4.69, 9.17) is 11.6 Å². The molecule has 4 nitrogen and oxygen atoms in total. The van der Waals surface area contributed by atoms with E-state index in [2.05, 4.69) is 20.6 Å². The first kappa shape index (κ1) is 13.1. The van der Waals surface area contributed by atoms with Crippen LogP contribution >= 0.6 is 22.9 Å². The van der Waals surface area contributed by atoms with Gasteiger partial charge in [0.15, 0.2) is 0 Å². The van der Waals surface area contributed by atoms with Crippen LogP contribution in [0.2, 0.25) is 5.02 Å². The van der Waals surface area contributed by atoms with Gasteiger partial charge in [0, 0.05) is 7.05 Å². The zero-order valence-corrected chi connectivity index (χ0v) is 12.0. The lowest BCUT2D eigenvalue weighted by Crippen LogP contribution is -2.01. The molecule has 0 bridgehead atoms. The molecule has 1 aromatic carbocycles. The Balaban J connectivity index is 2.07. The summed E-state index contributed by atoms with van der Waals surface area (Å²) in [5, 5.41) is 9.17. The molecule has 0 aliphatic heterocycles. The molecule has 7 heteroatoms. The van der Waals surface area contributed by atoms with E-state index in [9.17, 15) is 4.39 Å². The van der Waals surface area contributed by atoms with Crippen molar-refractivity contribution in [3.63, 3.8) is 0 Å². The zero-order valence-electron chi connectivity index (χ0n) is 10.4. The van der Waals surface area contributed by atoms with Crippen LogP contribution in [0, 0.1) is 5.82 Å². The largest absolute Gasteiger partial charge is 0.357 e. The minimum absolute atomic E-state index is 0.304. The zero-order chi connectivity index (χ0) is 14.1. The molecule has 0 saturated heterocycles. The Morgan fingerprint density at radius 1 is 1.25 bits per heavy atom. The fraction of sp³-hybridized carbons (Fsp3) is 0.0769. The van der Waals surface area contributed by atoms with Crippen molar-refractivity contribution in [2.45, 2.75) is 0 Å². The highest BCUT2D eigenvalue weighted by atomic mass is 35.5. The molecule has 0 aliphatic rings. The smallest absolute Gasteiger partial charge is 0.225 e. The molecule has 20 heavy (non-hydrogen) atoms. The maximum Gasteiger partial charge on any atom is 0.225 e. The minimum atomic E-state index is -0.375. The van der Waals surface area contributed by atoms with Gasteiger partial charge >= 0.3 is 0 Å². The van der Waals surface area contributed by atoms with Crippen LogP contribution in [-0.2, 0) is 0 Å². The summed E-state index contributed by atoms with van der Waals surface area (Å²) in [7, 11) is 1.75. The molecule has 0 spiro atoms. The third kappa shape index (κ3) is 2.39. The molecule has 0 fully saturated rings. The maximum atomic E-state index is 13.1. The van der Waals surface area contributed by atoms with Crippen LogP contribution in [-0.4, -0.2) is 17.0 Å². The molecule has 0 radical (unpaired) electrons. The van der Waals surface area contributed by atoms with Crippen LogP contribution in [0.15, 0.2) is 29.6 Å². The first-order valence-electron chi connectivity index (χ1n) is 5.82. The average Bonchev–Trinajstić information content (AvgIpc) is 2.90. The highest BCUT2D eigenvalue weighted by Gasteiger charge is 2.10. The Morgan fingerprint density at radius 3 is 2.85 bits per heavy atom. The molecule has 2 heterocycles. The van der Waals surface area contributed by atoms with Gasteiger partial charge in [0.05, 0.1) is 16.1 Å². The Labute approximate surface area is 123 Å². The molecule has 0 saturated carbocycles. The third-order valence-corrected chi connectivity index (χ3v) is 3.85. The highest BCUT2D eigenvalue weighted by Crippen LogP contribution is 2.31. The number of fused-ring (bicyclic) bond motifs is 1. The molecular weight excluding hydrogens is 299 g/mol. The summed E-state index contributed by atoms with van der Waals surface area (Å²) in [6, 6.07) is 6.12. The van der Waals surface area contributed by atoms with E-state index in [0.29, 0.717) is 22.5 Å². The quantitative estimate of drug-likeness (QED) is 0.758. The van der Waals surface area contributed by atoms with Crippen LogP contribution in [0.1, 0.15) is 0 Å². The Hall–Kier alpha value is -1.92. The van der Waals surface area contributed by atoms with Crippen molar-refractivity contribution in [2.24, 2.45) is 0 Å². The number of nitrogens with one attached hydrogen (secondary N) is 2. The summed E-state index contributed by atoms with van der Waals surface area (Å²) in [4.78, 5) is 9.59. The first-order chi connectivity index (χ1) is 9.67. The van der Waals surface area contributed by atoms with Crippen LogP contribution in [0.4, 0.5) is 21.8 Å². The van der Waals surface area contributed by atoms with Crippen molar-refractivity contribution >= 4 is 50.6 Å². The van der Waals surface area contributed by atoms with Gasteiger partial charge in [-0.25, -0.2) is 9.37 Å². The van der Waals surface area contributed by atoms with E-state index < -0.39 is 0 Å². The number of nitrogens with zero attached hydrogens (tertiary/aromatic N) is 2. The van der Waals surface area contributed by atoms with Gasteiger partial charge < -0.3 is 10.6 Å². The van der Waals surface area contributed by atoms with E-state index in [0.717, 1.165) is 10.2 Å². The van der Waals surface area contributed by atoms with Crippen molar-refractivity contribution < 1.29 is 4.39 Å². The SMILES string of the molecule is CNc1nc(Nc2ccc(F)cc2Cl)c2ccsc2n1. The summed E-state index contributed by atoms with van der Waals surface area (Å²) < 4.78 is 13.1. The Kier molecular flexibility index (Phi) is 3.42. The fourth-order valence-corrected chi connectivity index (χ4v) is 2.76. The monoisotopic (exact) mass is 308 g/mol. The minimum Gasteiger partial charge on any atom is -0.357 e. The van der Waals surface area contributed by atoms with E-state index in [1.807, 2.05) is 11.4 Å². The lowest BCUT2D eigenvalue weighted by Gasteiger charge is -2.10. The number of aromatic nitrogens is 2. The lowest BCUT2D eigenvalue weighted by molar-refractivity contribution is 0.628. The number of halogens is 2. The standard InChI is InChI=1S/C13H10ClFN4S/c1-16-13-18-11(8-4-5-20-12(8)19-13)17-10-3-2-7(15)6-9(10)14/h2-6H,1H3,(H2,16,17,18,19). The fourth-order valence-electron chi connectivity index (χ4n) is 1.78. The van der Waals surface area contributed by atoms with Crippen LogP contribution < -0.4 is 10.6 Å². The van der Waals surface area contributed by atoms with Gasteiger partial charge in [0.25, 0.3) is 0 Å². The summed E-state index contributed by atoms with van der Waals surface area (Å²) in [5.74, 6) is 0.773. The molecule has 0 atom stereocenters. The third-order valence-electron chi connectivity index (χ3n) is 2.73. The predicted molar refractivity (Wildman–Crippen MR) is 81.7 cm³/mol. The average molecular weight is 309 g/mol. The molecule has 0 amide bonds. The molecule has 2 N–H and O–H groups in total.